The first-order chi connectivity index (χ1) is 12.9. The molecule has 3 heterocycles. The van der Waals surface area contributed by atoms with Crippen LogP contribution >= 0.6 is 23.1 Å². The van der Waals surface area contributed by atoms with E-state index < -0.39 is 29.2 Å². The molecule has 144 valence electrons. The first-order valence-corrected chi connectivity index (χ1v) is 9.97. The minimum atomic E-state index is -1.17. The van der Waals surface area contributed by atoms with E-state index in [2.05, 4.69) is 15.5 Å². The molecule has 2 amide bonds. The van der Waals surface area contributed by atoms with E-state index in [1.807, 2.05) is 6.92 Å². The number of hydrogen-bond donors (Lipinski definition) is 3. The Balaban J connectivity index is 1.75. The zero-order chi connectivity index (χ0) is 19.6. The molecule has 10 nitrogen and oxygen atoms in total. The summed E-state index contributed by atoms with van der Waals surface area (Å²) < 4.78 is 0. The second-order valence-electron chi connectivity index (χ2n) is 5.62. The van der Waals surface area contributed by atoms with Gasteiger partial charge in [0.15, 0.2) is 10.8 Å². The molecule has 2 aliphatic rings. The van der Waals surface area contributed by atoms with Crippen molar-refractivity contribution in [2.24, 2.45) is 5.16 Å². The monoisotopic (exact) mass is 411 g/mol. The van der Waals surface area contributed by atoms with Crippen LogP contribution in [0.2, 0.25) is 0 Å². The highest BCUT2D eigenvalue weighted by molar-refractivity contribution is 8.00. The molecular weight excluding hydrogens is 394 g/mol. The number of carboxylic acid groups (broad SMARTS) is 1. The van der Waals surface area contributed by atoms with Crippen molar-refractivity contribution in [1.29, 1.82) is 0 Å². The minimum Gasteiger partial charge on any atom is -0.477 e. The van der Waals surface area contributed by atoms with Crippen LogP contribution in [0, 0.1) is 0 Å². The molecule has 3 rings (SSSR count). The van der Waals surface area contributed by atoms with Gasteiger partial charge in [-0.15, -0.1) is 23.1 Å². The lowest BCUT2D eigenvalue weighted by atomic mass is 10.0. The van der Waals surface area contributed by atoms with E-state index in [1.54, 1.807) is 5.38 Å². The Morgan fingerprint density at radius 2 is 2.33 bits per heavy atom. The lowest BCUT2D eigenvalue weighted by Gasteiger charge is -2.48. The molecule has 1 saturated heterocycles. The van der Waals surface area contributed by atoms with Gasteiger partial charge >= 0.3 is 5.97 Å². The number of carbonyl (C=O) groups is 3. The summed E-state index contributed by atoms with van der Waals surface area (Å²) in [5.74, 6) is -1.86. The molecule has 1 unspecified atom stereocenters. The van der Waals surface area contributed by atoms with E-state index in [0.717, 1.165) is 11.3 Å². The van der Waals surface area contributed by atoms with Crippen molar-refractivity contribution in [2.75, 3.05) is 18.1 Å². The van der Waals surface area contributed by atoms with Gasteiger partial charge in [-0.05, 0) is 12.5 Å². The van der Waals surface area contributed by atoms with Crippen molar-refractivity contribution >= 4 is 51.7 Å². The third kappa shape index (κ3) is 3.76. The van der Waals surface area contributed by atoms with E-state index in [-0.39, 0.29) is 22.2 Å². The summed E-state index contributed by atoms with van der Waals surface area (Å²) in [6.07, 6.45) is 2.18. The lowest BCUT2D eigenvalue weighted by molar-refractivity contribution is -0.150. The average Bonchev–Trinajstić information content (AvgIpc) is 3.08. The molecule has 0 aromatic carbocycles. The molecule has 4 N–H and O–H groups in total. The van der Waals surface area contributed by atoms with Crippen molar-refractivity contribution in [3.8, 4) is 0 Å². The van der Waals surface area contributed by atoms with E-state index in [0.29, 0.717) is 18.8 Å². The number of aliphatic carboxylic acids is 1. The number of nitrogens with one attached hydrogen (secondary N) is 1. The highest BCUT2D eigenvalue weighted by atomic mass is 32.2. The van der Waals surface area contributed by atoms with Crippen LogP contribution in [-0.4, -0.2) is 62.3 Å². The van der Waals surface area contributed by atoms with Gasteiger partial charge in [0.25, 0.3) is 11.8 Å². The van der Waals surface area contributed by atoms with Gasteiger partial charge in [0.05, 0.1) is 0 Å². The van der Waals surface area contributed by atoms with Crippen molar-refractivity contribution < 1.29 is 24.3 Å². The van der Waals surface area contributed by atoms with Crippen molar-refractivity contribution in [2.45, 2.75) is 24.8 Å². The molecular formula is C15H17N5O5S2. The number of nitrogen functional groups attached to an aromatic ring is 1. The van der Waals surface area contributed by atoms with Gasteiger partial charge in [-0.25, -0.2) is 9.78 Å². The molecule has 0 aliphatic carbocycles. The largest absolute Gasteiger partial charge is 0.477 e. The smallest absolute Gasteiger partial charge is 0.352 e. The van der Waals surface area contributed by atoms with Gasteiger partial charge in [0.1, 0.15) is 29.4 Å². The third-order valence-electron chi connectivity index (χ3n) is 3.78. The number of rotatable bonds is 7. The number of thioether (sulfide) groups is 1. The molecule has 1 fully saturated rings. The number of oxime groups is 1. The molecule has 0 saturated carbocycles. The quantitative estimate of drug-likeness (QED) is 0.250. The summed E-state index contributed by atoms with van der Waals surface area (Å²) in [7, 11) is 0. The Morgan fingerprint density at radius 3 is 2.96 bits per heavy atom. The Bertz CT molecular complexity index is 836. The molecule has 0 bridgehead atoms. The maximum absolute atomic E-state index is 12.7. The summed E-state index contributed by atoms with van der Waals surface area (Å²) in [6.45, 7) is 2.21. The predicted molar refractivity (Wildman–Crippen MR) is 100 cm³/mol. The first-order valence-electron chi connectivity index (χ1n) is 8.04. The maximum atomic E-state index is 12.7. The standard InChI is InChI=1S/C15H17N5O5S2/c1-2-4-25-19-9(7-6-27-15(16)17-7)11(21)18-10-12(22)20-8(14(23)24)3-5-26-13(10)20/h3,6,10,13H,2,4-5H2,1H3,(H2,16,17)(H,18,21)(H,23,24)/t10?,13-/m0/s1. The summed E-state index contributed by atoms with van der Waals surface area (Å²) in [6, 6.07) is -0.849. The number of amides is 2. The number of carbonyl (C=O) groups excluding carboxylic acids is 2. The van der Waals surface area contributed by atoms with Gasteiger partial charge in [-0.2, -0.15) is 0 Å². The van der Waals surface area contributed by atoms with Crippen LogP contribution in [0.15, 0.2) is 22.3 Å². The van der Waals surface area contributed by atoms with Gasteiger partial charge in [0, 0.05) is 11.1 Å². The fourth-order valence-corrected chi connectivity index (χ4v) is 4.29. The topological polar surface area (TPSA) is 147 Å². The first kappa shape index (κ1) is 19.2. The summed E-state index contributed by atoms with van der Waals surface area (Å²) in [4.78, 5) is 46.6. The molecule has 2 atom stereocenters. The molecule has 1 aromatic rings. The van der Waals surface area contributed by atoms with Crippen LogP contribution in [0.25, 0.3) is 0 Å². The van der Waals surface area contributed by atoms with Crippen LogP contribution in [-0.2, 0) is 19.2 Å². The average molecular weight is 411 g/mol. The SMILES string of the molecule is CCCON=C(C(=O)NC1C(=O)N2C(C(=O)O)=CCS[C@@H]12)c1csc(N)n1. The number of fused-ring (bicyclic) bond motifs is 1. The number of aromatic nitrogens is 1. The number of nitrogens with zero attached hydrogens (tertiary/aromatic N) is 3. The van der Waals surface area contributed by atoms with Crippen molar-refractivity contribution in [3.63, 3.8) is 0 Å². The molecule has 12 heteroatoms. The fraction of sp³-hybridized carbons (Fsp3) is 0.400. The Morgan fingerprint density at radius 1 is 1.56 bits per heavy atom. The summed E-state index contributed by atoms with van der Waals surface area (Å²) >= 11 is 2.52. The summed E-state index contributed by atoms with van der Waals surface area (Å²) in [5.41, 5.74) is 5.71. The zero-order valence-electron chi connectivity index (χ0n) is 14.2. The van der Waals surface area contributed by atoms with Gasteiger partial charge in [0.2, 0.25) is 0 Å². The normalized spacial score (nSPS) is 21.8. The number of hydrogen-bond acceptors (Lipinski definition) is 9. The molecule has 1 aromatic heterocycles. The van der Waals surface area contributed by atoms with Gasteiger partial charge in [-0.1, -0.05) is 12.1 Å². The predicted octanol–water partition coefficient (Wildman–Crippen LogP) is 0.224. The molecule has 0 radical (unpaired) electrons. The number of anilines is 1. The lowest BCUT2D eigenvalue weighted by Crippen LogP contribution is -2.70. The number of carboxylic acids is 1. The number of nitrogens with two attached hydrogens (primary N) is 1. The molecule has 2 aliphatic heterocycles. The van der Waals surface area contributed by atoms with E-state index in [9.17, 15) is 19.5 Å². The van der Waals surface area contributed by atoms with E-state index >= 15 is 0 Å². The highest BCUT2D eigenvalue weighted by Gasteiger charge is 2.53. The minimum absolute atomic E-state index is 0.0679. The van der Waals surface area contributed by atoms with Gasteiger partial charge < -0.3 is 21.0 Å². The third-order valence-corrected chi connectivity index (χ3v) is 5.64. The second kappa shape index (κ2) is 7.96. The Hall–Kier alpha value is -2.60. The Labute approximate surface area is 162 Å². The summed E-state index contributed by atoms with van der Waals surface area (Å²) in [5, 5.41) is 17.0. The van der Waals surface area contributed by atoms with E-state index in [1.165, 1.54) is 22.7 Å². The van der Waals surface area contributed by atoms with Crippen LogP contribution in [0.1, 0.15) is 19.0 Å². The highest BCUT2D eigenvalue weighted by Crippen LogP contribution is 2.37. The van der Waals surface area contributed by atoms with Crippen LogP contribution in [0.4, 0.5) is 5.13 Å². The van der Waals surface area contributed by atoms with Crippen molar-refractivity contribution in [1.82, 2.24) is 15.2 Å². The van der Waals surface area contributed by atoms with Gasteiger partial charge in [-0.3, -0.25) is 14.5 Å². The zero-order valence-corrected chi connectivity index (χ0v) is 15.9. The fourth-order valence-electron chi connectivity index (χ4n) is 2.55. The van der Waals surface area contributed by atoms with Crippen LogP contribution in [0.5, 0.6) is 0 Å². The molecule has 0 spiro atoms. The maximum Gasteiger partial charge on any atom is 0.352 e. The van der Waals surface area contributed by atoms with Crippen LogP contribution in [0.3, 0.4) is 0 Å². The molecule has 27 heavy (non-hydrogen) atoms. The van der Waals surface area contributed by atoms with Crippen molar-refractivity contribution in [3.05, 3.63) is 22.8 Å². The Kier molecular flexibility index (Phi) is 5.65. The van der Waals surface area contributed by atoms with Crippen LogP contribution < -0.4 is 11.1 Å². The number of β-lactam (4-membered cyclic amide) rings is 1. The number of thiazole rings is 1. The second-order valence-corrected chi connectivity index (χ2v) is 7.66. The van der Waals surface area contributed by atoms with E-state index in [4.69, 9.17) is 10.6 Å².